The Bertz CT molecular complexity index is 842. The largest absolute Gasteiger partial charge is 0.467 e. The van der Waals surface area contributed by atoms with Crippen LogP contribution in [0.1, 0.15) is 27.4 Å². The highest BCUT2D eigenvalue weighted by atomic mass is 16.3. The van der Waals surface area contributed by atoms with Crippen molar-refractivity contribution in [3.05, 3.63) is 77.5 Å². The standard InChI is InChI=1S/C19H19N3O2/c1-13-5-3-7-17(14(13)2)22-15-8-9-20-18(11-15)19(23)21-12-16-6-4-10-24-16/h3-11H,12H2,1-2H3,(H,20,22)(H,21,23). The van der Waals surface area contributed by atoms with Crippen molar-refractivity contribution >= 4 is 17.3 Å². The molecule has 1 aromatic carbocycles. The molecule has 122 valence electrons. The highest BCUT2D eigenvalue weighted by Gasteiger charge is 2.09. The van der Waals surface area contributed by atoms with E-state index in [1.54, 1.807) is 24.6 Å². The van der Waals surface area contributed by atoms with Gasteiger partial charge in [0.25, 0.3) is 5.91 Å². The van der Waals surface area contributed by atoms with E-state index in [9.17, 15) is 4.79 Å². The summed E-state index contributed by atoms with van der Waals surface area (Å²) < 4.78 is 5.20. The summed E-state index contributed by atoms with van der Waals surface area (Å²) in [6.45, 7) is 4.47. The number of nitrogens with zero attached hydrogens (tertiary/aromatic N) is 1. The first kappa shape index (κ1) is 15.8. The minimum atomic E-state index is -0.240. The van der Waals surface area contributed by atoms with Gasteiger partial charge in [-0.1, -0.05) is 12.1 Å². The second kappa shape index (κ2) is 7.00. The molecule has 24 heavy (non-hydrogen) atoms. The molecule has 3 aromatic rings. The van der Waals surface area contributed by atoms with Gasteiger partial charge in [0.15, 0.2) is 0 Å². The lowest BCUT2D eigenvalue weighted by atomic mass is 10.1. The number of amides is 1. The fourth-order valence-corrected chi connectivity index (χ4v) is 2.35. The van der Waals surface area contributed by atoms with Crippen LogP contribution in [0.2, 0.25) is 0 Å². The van der Waals surface area contributed by atoms with Crippen molar-refractivity contribution in [3.8, 4) is 0 Å². The lowest BCUT2D eigenvalue weighted by Crippen LogP contribution is -2.23. The summed E-state index contributed by atoms with van der Waals surface area (Å²) in [6.07, 6.45) is 3.20. The van der Waals surface area contributed by atoms with Crippen LogP contribution in [-0.2, 0) is 6.54 Å². The lowest BCUT2D eigenvalue weighted by Gasteiger charge is -2.12. The Labute approximate surface area is 140 Å². The average Bonchev–Trinajstić information content (AvgIpc) is 3.11. The van der Waals surface area contributed by atoms with E-state index in [1.165, 1.54) is 11.1 Å². The molecule has 0 aliphatic rings. The maximum atomic E-state index is 12.2. The molecule has 0 fully saturated rings. The Kier molecular flexibility index (Phi) is 4.61. The first-order valence-electron chi connectivity index (χ1n) is 7.73. The fraction of sp³-hybridized carbons (Fsp3) is 0.158. The summed E-state index contributed by atoms with van der Waals surface area (Å²) in [5.41, 5.74) is 4.59. The molecule has 0 spiro atoms. The number of anilines is 2. The number of aryl methyl sites for hydroxylation is 1. The number of benzene rings is 1. The summed E-state index contributed by atoms with van der Waals surface area (Å²) in [5, 5.41) is 6.13. The number of furan rings is 1. The average molecular weight is 321 g/mol. The molecule has 0 saturated heterocycles. The summed E-state index contributed by atoms with van der Waals surface area (Å²) in [5.74, 6) is 0.462. The van der Waals surface area contributed by atoms with Crippen molar-refractivity contribution in [2.24, 2.45) is 0 Å². The van der Waals surface area contributed by atoms with Gasteiger partial charge < -0.3 is 15.1 Å². The van der Waals surface area contributed by atoms with Crippen LogP contribution >= 0.6 is 0 Å². The number of carbonyl (C=O) groups is 1. The Morgan fingerprint density at radius 1 is 1.17 bits per heavy atom. The van der Waals surface area contributed by atoms with E-state index in [-0.39, 0.29) is 5.91 Å². The Balaban J connectivity index is 1.71. The van der Waals surface area contributed by atoms with Gasteiger partial charge in [0.05, 0.1) is 12.8 Å². The maximum absolute atomic E-state index is 12.2. The van der Waals surface area contributed by atoms with Crippen LogP contribution in [0.3, 0.4) is 0 Å². The fourth-order valence-electron chi connectivity index (χ4n) is 2.35. The van der Waals surface area contributed by atoms with Crippen LogP contribution in [0.15, 0.2) is 59.3 Å². The molecular weight excluding hydrogens is 302 g/mol. The van der Waals surface area contributed by atoms with Gasteiger partial charge >= 0.3 is 0 Å². The highest BCUT2D eigenvalue weighted by molar-refractivity contribution is 5.93. The molecule has 2 N–H and O–H groups in total. The van der Waals surface area contributed by atoms with Crippen LogP contribution in [-0.4, -0.2) is 10.9 Å². The molecule has 0 unspecified atom stereocenters. The van der Waals surface area contributed by atoms with Crippen LogP contribution in [0.4, 0.5) is 11.4 Å². The number of pyridine rings is 1. The van der Waals surface area contributed by atoms with E-state index < -0.39 is 0 Å². The second-order valence-corrected chi connectivity index (χ2v) is 5.56. The molecule has 2 heterocycles. The first-order chi connectivity index (χ1) is 11.6. The van der Waals surface area contributed by atoms with Crippen LogP contribution in [0.25, 0.3) is 0 Å². The third kappa shape index (κ3) is 3.63. The molecule has 2 aromatic heterocycles. The minimum absolute atomic E-state index is 0.240. The SMILES string of the molecule is Cc1cccc(Nc2ccnc(C(=O)NCc3ccco3)c2)c1C. The monoisotopic (exact) mass is 321 g/mol. The molecule has 0 radical (unpaired) electrons. The van der Waals surface area contributed by atoms with E-state index in [0.29, 0.717) is 18.0 Å². The van der Waals surface area contributed by atoms with Gasteiger partial charge in [-0.05, 0) is 55.3 Å². The van der Waals surface area contributed by atoms with Crippen molar-refractivity contribution in [2.45, 2.75) is 20.4 Å². The minimum Gasteiger partial charge on any atom is -0.467 e. The van der Waals surface area contributed by atoms with E-state index in [1.807, 2.05) is 24.3 Å². The van der Waals surface area contributed by atoms with Gasteiger partial charge in [0, 0.05) is 17.6 Å². The van der Waals surface area contributed by atoms with E-state index in [4.69, 9.17) is 4.42 Å². The number of rotatable bonds is 5. The van der Waals surface area contributed by atoms with Crippen molar-refractivity contribution in [3.63, 3.8) is 0 Å². The quantitative estimate of drug-likeness (QED) is 0.746. The molecular formula is C19H19N3O2. The Morgan fingerprint density at radius 3 is 2.83 bits per heavy atom. The summed E-state index contributed by atoms with van der Waals surface area (Å²) in [6, 6.07) is 13.3. The number of hydrogen-bond acceptors (Lipinski definition) is 4. The topological polar surface area (TPSA) is 67.2 Å². The van der Waals surface area contributed by atoms with Crippen molar-refractivity contribution < 1.29 is 9.21 Å². The number of aromatic nitrogens is 1. The smallest absolute Gasteiger partial charge is 0.270 e. The zero-order valence-corrected chi connectivity index (χ0v) is 13.7. The Morgan fingerprint density at radius 2 is 2.04 bits per heavy atom. The number of hydrogen-bond donors (Lipinski definition) is 2. The molecule has 0 saturated carbocycles. The summed E-state index contributed by atoms with van der Waals surface area (Å²) in [4.78, 5) is 16.4. The van der Waals surface area contributed by atoms with Gasteiger partial charge in [-0.25, -0.2) is 0 Å². The van der Waals surface area contributed by atoms with Gasteiger partial charge in [0.1, 0.15) is 11.5 Å². The maximum Gasteiger partial charge on any atom is 0.270 e. The van der Waals surface area contributed by atoms with Crippen LogP contribution in [0, 0.1) is 13.8 Å². The van der Waals surface area contributed by atoms with E-state index in [0.717, 1.165) is 11.4 Å². The summed E-state index contributed by atoms with van der Waals surface area (Å²) >= 11 is 0. The molecule has 0 atom stereocenters. The van der Waals surface area contributed by atoms with Crippen molar-refractivity contribution in [2.75, 3.05) is 5.32 Å². The second-order valence-electron chi connectivity index (χ2n) is 5.56. The van der Waals surface area contributed by atoms with E-state index >= 15 is 0 Å². The third-order valence-corrected chi connectivity index (χ3v) is 3.88. The molecule has 0 aliphatic carbocycles. The van der Waals surface area contributed by atoms with Crippen molar-refractivity contribution in [1.82, 2.24) is 10.3 Å². The molecule has 5 nitrogen and oxygen atoms in total. The molecule has 3 rings (SSSR count). The zero-order valence-electron chi connectivity index (χ0n) is 13.7. The van der Waals surface area contributed by atoms with Gasteiger partial charge in [-0.2, -0.15) is 0 Å². The van der Waals surface area contributed by atoms with Gasteiger partial charge in [0.2, 0.25) is 0 Å². The van der Waals surface area contributed by atoms with Gasteiger partial charge in [-0.15, -0.1) is 0 Å². The van der Waals surface area contributed by atoms with Crippen molar-refractivity contribution in [1.29, 1.82) is 0 Å². The molecule has 5 heteroatoms. The predicted molar refractivity (Wildman–Crippen MR) is 93.3 cm³/mol. The first-order valence-corrected chi connectivity index (χ1v) is 7.73. The van der Waals surface area contributed by atoms with Crippen LogP contribution < -0.4 is 10.6 Å². The van der Waals surface area contributed by atoms with Gasteiger partial charge in [-0.3, -0.25) is 9.78 Å². The lowest BCUT2D eigenvalue weighted by molar-refractivity contribution is 0.0943. The normalized spacial score (nSPS) is 10.4. The number of nitrogens with one attached hydrogen (secondary N) is 2. The summed E-state index contributed by atoms with van der Waals surface area (Å²) in [7, 11) is 0. The molecule has 1 amide bonds. The number of carbonyl (C=O) groups excluding carboxylic acids is 1. The molecule has 0 bridgehead atoms. The Hall–Kier alpha value is -3.08. The third-order valence-electron chi connectivity index (χ3n) is 3.88. The highest BCUT2D eigenvalue weighted by Crippen LogP contribution is 2.22. The molecule has 0 aliphatic heterocycles. The zero-order chi connectivity index (χ0) is 16.9. The van der Waals surface area contributed by atoms with E-state index in [2.05, 4.69) is 35.5 Å². The predicted octanol–water partition coefficient (Wildman–Crippen LogP) is 3.97. The van der Waals surface area contributed by atoms with Crippen LogP contribution in [0.5, 0.6) is 0 Å².